The number of hydrogen-bond donors (Lipinski definition) is 5. The number of aliphatic imine (C=N–C) groups is 1. The van der Waals surface area contributed by atoms with Crippen molar-refractivity contribution in [1.29, 1.82) is 0 Å². The Morgan fingerprint density at radius 2 is 1.94 bits per heavy atom. The average Bonchev–Trinajstić information content (AvgIpc) is 3.30. The summed E-state index contributed by atoms with van der Waals surface area (Å²) in [7, 11) is 0. The summed E-state index contributed by atoms with van der Waals surface area (Å²) in [6.07, 6.45) is -0.682. The molecule has 3 rings (SSSR count). The normalized spacial score (nSPS) is 13.6. The van der Waals surface area contributed by atoms with E-state index in [1.54, 1.807) is 42.5 Å². The predicted octanol–water partition coefficient (Wildman–Crippen LogP) is 4.10. The Morgan fingerprint density at radius 1 is 1.16 bits per heavy atom. The van der Waals surface area contributed by atoms with Gasteiger partial charge in [-0.2, -0.15) is 0 Å². The molecule has 1 amide bonds. The predicted molar refractivity (Wildman–Crippen MR) is 132 cm³/mol. The van der Waals surface area contributed by atoms with Gasteiger partial charge >= 0.3 is 0 Å². The van der Waals surface area contributed by atoms with Crippen LogP contribution in [-0.4, -0.2) is 23.4 Å². The summed E-state index contributed by atoms with van der Waals surface area (Å²) < 4.78 is 0. The van der Waals surface area contributed by atoms with Crippen molar-refractivity contribution in [1.82, 2.24) is 0 Å². The maximum absolute atomic E-state index is 13.0. The van der Waals surface area contributed by atoms with E-state index in [1.165, 1.54) is 11.3 Å². The lowest BCUT2D eigenvalue weighted by atomic mass is 9.94. The minimum atomic E-state index is -1.10. The number of halogens is 2. The Morgan fingerprint density at radius 3 is 2.59 bits per heavy atom. The van der Waals surface area contributed by atoms with Gasteiger partial charge in [0.1, 0.15) is 5.84 Å². The van der Waals surface area contributed by atoms with E-state index in [1.807, 2.05) is 11.4 Å². The maximum atomic E-state index is 13.0. The number of amidine groups is 1. The summed E-state index contributed by atoms with van der Waals surface area (Å²) in [6, 6.07) is 13.5. The van der Waals surface area contributed by atoms with Crippen LogP contribution in [0.1, 0.15) is 34.6 Å². The van der Waals surface area contributed by atoms with Gasteiger partial charge in [-0.3, -0.25) is 4.79 Å². The van der Waals surface area contributed by atoms with Crippen LogP contribution in [0.25, 0.3) is 0 Å². The zero-order valence-corrected chi connectivity index (χ0v) is 19.3. The number of carbonyl (C=O) groups excluding carboxylic acids is 1. The minimum Gasteiger partial charge on any atom is -0.398 e. The number of rotatable bonds is 8. The Hall–Kier alpha value is -2.62. The molecule has 10 heteroatoms. The van der Waals surface area contributed by atoms with Crippen LogP contribution in [0.3, 0.4) is 0 Å². The second kappa shape index (κ2) is 10.8. The molecule has 168 valence electrons. The topological polar surface area (TPSA) is 140 Å². The highest BCUT2D eigenvalue weighted by Gasteiger charge is 2.21. The molecule has 0 bridgehead atoms. The van der Waals surface area contributed by atoms with Gasteiger partial charge < -0.3 is 27.6 Å². The van der Waals surface area contributed by atoms with Crippen LogP contribution < -0.4 is 22.5 Å². The lowest BCUT2D eigenvalue weighted by Crippen LogP contribution is -2.24. The number of nitrogens with two attached hydrogens (primary N) is 3. The maximum Gasteiger partial charge on any atom is 0.231 e. The first-order valence-electron chi connectivity index (χ1n) is 9.70. The van der Waals surface area contributed by atoms with Crippen molar-refractivity contribution < 1.29 is 9.90 Å². The molecule has 0 fully saturated rings. The Kier molecular flexibility index (Phi) is 8.11. The summed E-state index contributed by atoms with van der Waals surface area (Å²) in [4.78, 5) is 17.8. The van der Waals surface area contributed by atoms with Crippen LogP contribution in [0.2, 0.25) is 10.0 Å². The quantitative estimate of drug-likeness (QED) is 0.183. The smallest absolute Gasteiger partial charge is 0.231 e. The fourth-order valence-electron chi connectivity index (χ4n) is 3.13. The van der Waals surface area contributed by atoms with E-state index in [0.29, 0.717) is 50.4 Å². The molecule has 1 heterocycles. The number of carbonyl (C=O) groups is 1. The van der Waals surface area contributed by atoms with Crippen molar-refractivity contribution in [3.8, 4) is 0 Å². The highest BCUT2D eigenvalue weighted by molar-refractivity contribution is 7.10. The van der Waals surface area contributed by atoms with Crippen molar-refractivity contribution in [3.63, 3.8) is 0 Å². The third kappa shape index (κ3) is 5.79. The summed E-state index contributed by atoms with van der Waals surface area (Å²) in [5.74, 6) is -0.733. The van der Waals surface area contributed by atoms with E-state index in [2.05, 4.69) is 10.3 Å². The number of hydrogen-bond acceptors (Lipinski definition) is 6. The first kappa shape index (κ1) is 24.0. The van der Waals surface area contributed by atoms with Crippen molar-refractivity contribution in [2.45, 2.75) is 18.6 Å². The number of amides is 1. The number of aliphatic hydroxyl groups excluding tert-OH is 1. The van der Waals surface area contributed by atoms with Crippen molar-refractivity contribution in [2.75, 3.05) is 17.6 Å². The summed E-state index contributed by atoms with van der Waals surface area (Å²) in [5, 5.41) is 15.7. The third-order valence-corrected chi connectivity index (χ3v) is 6.42. The Bertz CT molecular complexity index is 1120. The highest BCUT2D eigenvalue weighted by Crippen LogP contribution is 2.29. The Balaban J connectivity index is 1.83. The zero-order valence-electron chi connectivity index (χ0n) is 17.0. The van der Waals surface area contributed by atoms with Gasteiger partial charge in [-0.1, -0.05) is 35.3 Å². The molecule has 2 atom stereocenters. The van der Waals surface area contributed by atoms with Crippen LogP contribution in [0.4, 0.5) is 11.4 Å². The summed E-state index contributed by atoms with van der Waals surface area (Å²) in [6.45, 7) is 0.311. The van der Waals surface area contributed by atoms with E-state index in [9.17, 15) is 9.90 Å². The van der Waals surface area contributed by atoms with E-state index >= 15 is 0 Å². The number of benzene rings is 2. The molecule has 0 aliphatic rings. The van der Waals surface area contributed by atoms with Crippen LogP contribution >= 0.6 is 34.5 Å². The fourth-order valence-corrected chi connectivity index (χ4v) is 4.09. The van der Waals surface area contributed by atoms with Crippen LogP contribution in [0.15, 0.2) is 58.9 Å². The molecule has 0 aliphatic heterocycles. The Labute approximate surface area is 199 Å². The minimum absolute atomic E-state index is 0.0579. The van der Waals surface area contributed by atoms with Crippen molar-refractivity contribution >= 4 is 57.7 Å². The molecule has 3 aromatic rings. The average molecular weight is 492 g/mol. The molecule has 0 radical (unpaired) electrons. The van der Waals surface area contributed by atoms with E-state index in [4.69, 9.17) is 40.4 Å². The standard InChI is InChI=1S/C22H23Cl2N5O2S/c23-16-5-3-12(10-17(16)24)14(7-8-25)21(30)28-13-4-6-18(26)15(11-13)20(27)29-22(31)19-2-1-9-32-19/h1-6,9-11,14,22,31H,7-8,25-26H2,(H2,27,29)(H,28,30). The number of thiophene rings is 1. The number of nitrogens with zero attached hydrogens (tertiary/aromatic N) is 1. The van der Waals surface area contributed by atoms with Gasteiger partial charge in [0.2, 0.25) is 5.91 Å². The van der Waals surface area contributed by atoms with Gasteiger partial charge in [-0.05, 0) is 60.3 Å². The fraction of sp³-hybridized carbons (Fsp3) is 0.182. The second-order valence-corrected chi connectivity index (χ2v) is 8.79. The number of aliphatic hydroxyl groups is 1. The third-order valence-electron chi connectivity index (χ3n) is 4.77. The molecule has 7 nitrogen and oxygen atoms in total. The molecule has 0 aliphatic carbocycles. The number of nitrogens with one attached hydrogen (secondary N) is 1. The molecular weight excluding hydrogens is 469 g/mol. The van der Waals surface area contributed by atoms with Gasteiger partial charge in [0.05, 0.1) is 20.8 Å². The van der Waals surface area contributed by atoms with Gasteiger partial charge in [0.25, 0.3) is 0 Å². The van der Waals surface area contributed by atoms with E-state index in [-0.39, 0.29) is 11.7 Å². The molecule has 2 unspecified atom stereocenters. The summed E-state index contributed by atoms with van der Waals surface area (Å²) >= 11 is 13.5. The van der Waals surface area contributed by atoms with Crippen LogP contribution in [0, 0.1) is 0 Å². The second-order valence-electron chi connectivity index (χ2n) is 7.00. The summed E-state index contributed by atoms with van der Waals surface area (Å²) in [5.41, 5.74) is 19.8. The molecule has 1 aromatic heterocycles. The molecule has 0 saturated heterocycles. The molecule has 8 N–H and O–H groups in total. The van der Waals surface area contributed by atoms with Crippen molar-refractivity contribution in [2.24, 2.45) is 16.5 Å². The lowest BCUT2D eigenvalue weighted by Gasteiger charge is -2.18. The largest absolute Gasteiger partial charge is 0.398 e. The van der Waals surface area contributed by atoms with Crippen LogP contribution in [-0.2, 0) is 4.79 Å². The zero-order chi connectivity index (χ0) is 23.3. The number of anilines is 2. The van der Waals surface area contributed by atoms with Gasteiger partial charge in [-0.25, -0.2) is 4.99 Å². The monoisotopic (exact) mass is 491 g/mol. The SMILES string of the molecule is NCCC(C(=O)Nc1ccc(N)c(/C(N)=N/C(O)c2cccs2)c1)c1ccc(Cl)c(Cl)c1. The van der Waals surface area contributed by atoms with Crippen molar-refractivity contribution in [3.05, 3.63) is 80.0 Å². The molecular formula is C22H23Cl2N5O2S. The first-order chi connectivity index (χ1) is 15.3. The van der Waals surface area contributed by atoms with Gasteiger partial charge in [-0.15, -0.1) is 11.3 Å². The number of nitrogen functional groups attached to an aromatic ring is 1. The lowest BCUT2D eigenvalue weighted by molar-refractivity contribution is -0.117. The molecule has 0 spiro atoms. The molecule has 0 saturated carbocycles. The van der Waals surface area contributed by atoms with Gasteiger partial charge in [0.15, 0.2) is 6.23 Å². The molecule has 32 heavy (non-hydrogen) atoms. The van der Waals surface area contributed by atoms with Gasteiger partial charge in [0, 0.05) is 16.9 Å². The first-order valence-corrected chi connectivity index (χ1v) is 11.3. The van der Waals surface area contributed by atoms with Crippen LogP contribution in [0.5, 0.6) is 0 Å². The highest BCUT2D eigenvalue weighted by atomic mass is 35.5. The molecule has 2 aromatic carbocycles. The van der Waals surface area contributed by atoms with E-state index in [0.717, 1.165) is 0 Å². The van der Waals surface area contributed by atoms with E-state index < -0.39 is 12.1 Å².